The van der Waals surface area contributed by atoms with Crippen LogP contribution < -0.4 is 10.1 Å². The van der Waals surface area contributed by atoms with E-state index in [-0.39, 0.29) is 0 Å². The van der Waals surface area contributed by atoms with Gasteiger partial charge in [0.25, 0.3) is 0 Å². The second kappa shape index (κ2) is 8.98. The molecule has 0 aliphatic heterocycles. The van der Waals surface area contributed by atoms with Crippen molar-refractivity contribution in [1.29, 1.82) is 0 Å². The SMILES string of the molecule is CCc1ccccc1NCc1ccc(OCc2cccc(Cl)c2)c(Cl)c1. The molecular weight excluding hydrogens is 365 g/mol. The van der Waals surface area contributed by atoms with Crippen molar-refractivity contribution in [2.24, 2.45) is 0 Å². The van der Waals surface area contributed by atoms with E-state index in [4.69, 9.17) is 27.9 Å². The highest BCUT2D eigenvalue weighted by molar-refractivity contribution is 6.32. The third kappa shape index (κ3) is 4.94. The second-order valence-corrected chi connectivity index (χ2v) is 6.89. The lowest BCUT2D eigenvalue weighted by Gasteiger charge is -2.13. The highest BCUT2D eigenvalue weighted by Crippen LogP contribution is 2.27. The van der Waals surface area contributed by atoms with Crippen molar-refractivity contribution in [3.8, 4) is 5.75 Å². The third-order valence-corrected chi connectivity index (χ3v) is 4.69. The lowest BCUT2D eigenvalue weighted by molar-refractivity contribution is 0.306. The van der Waals surface area contributed by atoms with Gasteiger partial charge in [0, 0.05) is 17.3 Å². The molecule has 0 atom stereocenters. The maximum atomic E-state index is 6.39. The molecule has 26 heavy (non-hydrogen) atoms. The number of para-hydroxylation sites is 1. The summed E-state index contributed by atoms with van der Waals surface area (Å²) in [7, 11) is 0. The highest BCUT2D eigenvalue weighted by Gasteiger charge is 2.05. The summed E-state index contributed by atoms with van der Waals surface area (Å²) in [4.78, 5) is 0. The van der Waals surface area contributed by atoms with Crippen LogP contribution in [0.25, 0.3) is 0 Å². The lowest BCUT2D eigenvalue weighted by atomic mass is 10.1. The molecule has 0 amide bonds. The third-order valence-electron chi connectivity index (χ3n) is 4.16. The van der Waals surface area contributed by atoms with E-state index in [1.54, 1.807) is 0 Å². The molecule has 0 radical (unpaired) electrons. The summed E-state index contributed by atoms with van der Waals surface area (Å²) in [6.07, 6.45) is 1.00. The average molecular weight is 386 g/mol. The van der Waals surface area contributed by atoms with Gasteiger partial charge in [-0.05, 0) is 53.4 Å². The molecule has 0 heterocycles. The first-order valence-electron chi connectivity index (χ1n) is 8.63. The molecule has 3 rings (SSSR count). The Kier molecular flexibility index (Phi) is 6.43. The molecule has 0 unspecified atom stereocenters. The Balaban J connectivity index is 1.62. The van der Waals surface area contributed by atoms with E-state index in [1.165, 1.54) is 5.56 Å². The van der Waals surface area contributed by atoms with Crippen molar-refractivity contribution in [3.05, 3.63) is 93.5 Å². The number of rotatable bonds is 7. The van der Waals surface area contributed by atoms with Gasteiger partial charge in [0.15, 0.2) is 0 Å². The zero-order valence-electron chi connectivity index (χ0n) is 14.6. The maximum absolute atomic E-state index is 6.39. The fraction of sp³-hybridized carbons (Fsp3) is 0.182. The van der Waals surface area contributed by atoms with Crippen LogP contribution in [0.4, 0.5) is 5.69 Å². The summed E-state index contributed by atoms with van der Waals surface area (Å²) < 4.78 is 5.82. The van der Waals surface area contributed by atoms with Gasteiger partial charge in [0.05, 0.1) is 5.02 Å². The number of aryl methyl sites for hydroxylation is 1. The van der Waals surface area contributed by atoms with Crippen LogP contribution >= 0.6 is 23.2 Å². The Labute approximate surface area is 164 Å². The number of ether oxygens (including phenoxy) is 1. The van der Waals surface area contributed by atoms with E-state index >= 15 is 0 Å². The monoisotopic (exact) mass is 385 g/mol. The van der Waals surface area contributed by atoms with Gasteiger partial charge in [-0.25, -0.2) is 0 Å². The molecular formula is C22H21Cl2NO. The Morgan fingerprint density at radius 2 is 1.73 bits per heavy atom. The van der Waals surface area contributed by atoms with Crippen LogP contribution in [0.15, 0.2) is 66.7 Å². The van der Waals surface area contributed by atoms with Crippen LogP contribution in [0.5, 0.6) is 5.75 Å². The normalized spacial score (nSPS) is 10.6. The first kappa shape index (κ1) is 18.6. The fourth-order valence-corrected chi connectivity index (χ4v) is 3.23. The minimum absolute atomic E-state index is 0.432. The molecule has 3 aromatic carbocycles. The quantitative estimate of drug-likeness (QED) is 0.485. The standard InChI is InChI=1S/C22H21Cl2NO/c1-2-18-7-3-4-9-21(18)25-14-16-10-11-22(20(24)13-16)26-15-17-6-5-8-19(23)12-17/h3-13,25H,2,14-15H2,1H3. The summed E-state index contributed by atoms with van der Waals surface area (Å²) in [5.74, 6) is 0.671. The second-order valence-electron chi connectivity index (χ2n) is 6.05. The van der Waals surface area contributed by atoms with E-state index in [1.807, 2.05) is 48.5 Å². The van der Waals surface area contributed by atoms with Crippen molar-refractivity contribution in [3.63, 3.8) is 0 Å². The average Bonchev–Trinajstić information content (AvgIpc) is 2.66. The van der Waals surface area contributed by atoms with Crippen LogP contribution in [-0.4, -0.2) is 0 Å². The fourth-order valence-electron chi connectivity index (χ4n) is 2.76. The molecule has 0 aliphatic rings. The first-order chi connectivity index (χ1) is 12.7. The van der Waals surface area contributed by atoms with Crippen LogP contribution in [0, 0.1) is 0 Å². The van der Waals surface area contributed by atoms with Gasteiger partial charge in [-0.2, -0.15) is 0 Å². The van der Waals surface area contributed by atoms with Crippen molar-refractivity contribution < 1.29 is 4.74 Å². The summed E-state index contributed by atoms with van der Waals surface area (Å²) in [6.45, 7) is 3.30. The van der Waals surface area contributed by atoms with Gasteiger partial charge in [-0.3, -0.25) is 0 Å². The van der Waals surface area contributed by atoms with Gasteiger partial charge >= 0.3 is 0 Å². The Morgan fingerprint density at radius 3 is 2.50 bits per heavy atom. The minimum atomic E-state index is 0.432. The van der Waals surface area contributed by atoms with E-state index in [2.05, 4.69) is 30.4 Å². The molecule has 0 aromatic heterocycles. The van der Waals surface area contributed by atoms with Gasteiger partial charge in [-0.1, -0.05) is 66.5 Å². The molecule has 0 bridgehead atoms. The summed E-state index contributed by atoms with van der Waals surface area (Å²) in [5, 5.41) is 4.78. The van der Waals surface area contributed by atoms with Crippen molar-refractivity contribution >= 4 is 28.9 Å². The molecule has 0 aliphatic carbocycles. The molecule has 2 nitrogen and oxygen atoms in total. The predicted molar refractivity (Wildman–Crippen MR) is 110 cm³/mol. The Bertz CT molecular complexity index is 880. The molecule has 3 aromatic rings. The predicted octanol–water partition coefficient (Wildman–Crippen LogP) is 6.75. The topological polar surface area (TPSA) is 21.3 Å². The number of anilines is 1. The molecule has 4 heteroatoms. The molecule has 0 saturated heterocycles. The van der Waals surface area contributed by atoms with Crippen LogP contribution in [-0.2, 0) is 19.6 Å². The van der Waals surface area contributed by atoms with E-state index in [0.29, 0.717) is 28.9 Å². The minimum Gasteiger partial charge on any atom is -0.487 e. The zero-order chi connectivity index (χ0) is 18.4. The van der Waals surface area contributed by atoms with Crippen molar-refractivity contribution in [1.82, 2.24) is 0 Å². The maximum Gasteiger partial charge on any atom is 0.138 e. The zero-order valence-corrected chi connectivity index (χ0v) is 16.1. The van der Waals surface area contributed by atoms with Crippen LogP contribution in [0.1, 0.15) is 23.6 Å². The van der Waals surface area contributed by atoms with Gasteiger partial charge < -0.3 is 10.1 Å². The number of nitrogens with one attached hydrogen (secondary N) is 1. The highest BCUT2D eigenvalue weighted by atomic mass is 35.5. The summed E-state index contributed by atoms with van der Waals surface area (Å²) in [5.41, 5.74) is 4.58. The number of halogens is 2. The molecule has 1 N–H and O–H groups in total. The van der Waals surface area contributed by atoms with Crippen molar-refractivity contribution in [2.45, 2.75) is 26.5 Å². The van der Waals surface area contributed by atoms with Crippen LogP contribution in [0.3, 0.4) is 0 Å². The van der Waals surface area contributed by atoms with E-state index in [9.17, 15) is 0 Å². The number of hydrogen-bond donors (Lipinski definition) is 1. The number of hydrogen-bond acceptors (Lipinski definition) is 2. The van der Waals surface area contributed by atoms with Gasteiger partial charge in [0.1, 0.15) is 12.4 Å². The summed E-state index contributed by atoms with van der Waals surface area (Å²) >= 11 is 12.4. The van der Waals surface area contributed by atoms with Gasteiger partial charge in [-0.15, -0.1) is 0 Å². The van der Waals surface area contributed by atoms with Crippen LogP contribution in [0.2, 0.25) is 10.0 Å². The smallest absolute Gasteiger partial charge is 0.138 e. The largest absolute Gasteiger partial charge is 0.487 e. The lowest BCUT2D eigenvalue weighted by Crippen LogP contribution is -2.02. The molecule has 0 fully saturated rings. The van der Waals surface area contributed by atoms with Crippen molar-refractivity contribution in [2.75, 3.05) is 5.32 Å². The Hall–Kier alpha value is -2.16. The molecule has 0 saturated carbocycles. The van der Waals surface area contributed by atoms with E-state index in [0.717, 1.165) is 23.2 Å². The van der Waals surface area contributed by atoms with Gasteiger partial charge in [0.2, 0.25) is 0 Å². The first-order valence-corrected chi connectivity index (χ1v) is 9.38. The van der Waals surface area contributed by atoms with E-state index < -0.39 is 0 Å². The number of benzene rings is 3. The molecule has 0 spiro atoms. The Morgan fingerprint density at radius 1 is 0.885 bits per heavy atom. The summed E-state index contributed by atoms with van der Waals surface area (Å²) in [6, 6.07) is 21.8. The molecule has 134 valence electrons.